The topological polar surface area (TPSA) is 48.1 Å². The Kier molecular flexibility index (Phi) is 4.28. The number of rotatable bonds is 4. The number of aromatic amines is 1. The number of pyridine rings is 1. The summed E-state index contributed by atoms with van der Waals surface area (Å²) in [5, 5.41) is 0. The number of imidazole rings is 1. The van der Waals surface area contributed by atoms with Gasteiger partial charge in [0.25, 0.3) is 0 Å². The number of nitrogens with zero attached hydrogens (tertiary/aromatic N) is 4. The van der Waals surface area contributed by atoms with Crippen LogP contribution in [0, 0.1) is 0 Å². The molecule has 0 saturated carbocycles. The van der Waals surface area contributed by atoms with Crippen molar-refractivity contribution in [3.05, 3.63) is 60.2 Å². The summed E-state index contributed by atoms with van der Waals surface area (Å²) >= 11 is 0. The van der Waals surface area contributed by atoms with Gasteiger partial charge in [0.05, 0.1) is 23.3 Å². The van der Waals surface area contributed by atoms with Gasteiger partial charge in [-0.15, -0.1) is 0 Å². The van der Waals surface area contributed by atoms with Crippen molar-refractivity contribution in [1.29, 1.82) is 0 Å². The molecule has 124 valence electrons. The Balaban J connectivity index is 1.36. The summed E-state index contributed by atoms with van der Waals surface area (Å²) in [4.78, 5) is 17.6. The first-order valence-electron chi connectivity index (χ1n) is 8.60. The minimum Gasteiger partial charge on any atom is -0.341 e. The second-order valence-electron chi connectivity index (χ2n) is 6.44. The molecule has 3 aromatic rings. The molecular formula is C19H23N5. The number of piperazine rings is 1. The van der Waals surface area contributed by atoms with Gasteiger partial charge in [0, 0.05) is 38.4 Å². The van der Waals surface area contributed by atoms with Crippen LogP contribution in [-0.2, 0) is 6.54 Å². The molecule has 1 atom stereocenters. The maximum absolute atomic E-state index is 4.69. The van der Waals surface area contributed by atoms with Crippen LogP contribution in [0.25, 0.3) is 11.0 Å². The predicted octanol–water partition coefficient (Wildman–Crippen LogP) is 2.84. The van der Waals surface area contributed by atoms with Crippen LogP contribution in [0.3, 0.4) is 0 Å². The normalized spacial score (nSPS) is 18.0. The molecule has 1 aromatic carbocycles. The standard InChI is InChI=1S/C19H23N5/c1-15(16-6-4-5-9-20-16)24-12-10-23(11-13-24)14-19-21-17-7-2-3-8-18(17)22-19/h2-9,15H,10-14H2,1H3,(H,21,22). The quantitative estimate of drug-likeness (QED) is 0.803. The molecule has 0 amide bonds. The first-order valence-corrected chi connectivity index (χ1v) is 8.60. The Bertz CT molecular complexity index is 757. The van der Waals surface area contributed by atoms with E-state index in [1.54, 1.807) is 0 Å². The average molecular weight is 321 g/mol. The van der Waals surface area contributed by atoms with Crippen LogP contribution in [0.5, 0.6) is 0 Å². The van der Waals surface area contributed by atoms with Gasteiger partial charge < -0.3 is 4.98 Å². The minimum absolute atomic E-state index is 0.375. The molecule has 1 aliphatic rings. The third-order valence-corrected chi connectivity index (χ3v) is 4.88. The first-order chi connectivity index (χ1) is 11.8. The Labute approximate surface area is 142 Å². The molecule has 1 aliphatic heterocycles. The largest absolute Gasteiger partial charge is 0.341 e. The SMILES string of the molecule is CC(c1ccccn1)N1CCN(Cc2nc3ccccc3[nH]2)CC1. The van der Waals surface area contributed by atoms with Crippen LogP contribution >= 0.6 is 0 Å². The number of fused-ring (bicyclic) bond motifs is 1. The van der Waals surface area contributed by atoms with Crippen LogP contribution in [0.1, 0.15) is 24.5 Å². The van der Waals surface area contributed by atoms with Crippen molar-refractivity contribution in [3.8, 4) is 0 Å². The molecule has 24 heavy (non-hydrogen) atoms. The van der Waals surface area contributed by atoms with E-state index in [0.29, 0.717) is 6.04 Å². The highest BCUT2D eigenvalue weighted by Crippen LogP contribution is 2.20. The fourth-order valence-electron chi connectivity index (χ4n) is 3.41. The van der Waals surface area contributed by atoms with Crippen LogP contribution in [-0.4, -0.2) is 50.9 Å². The van der Waals surface area contributed by atoms with Gasteiger partial charge in [-0.2, -0.15) is 0 Å². The second-order valence-corrected chi connectivity index (χ2v) is 6.44. The third-order valence-electron chi connectivity index (χ3n) is 4.88. The lowest BCUT2D eigenvalue weighted by Crippen LogP contribution is -2.46. The number of hydrogen-bond donors (Lipinski definition) is 1. The number of aromatic nitrogens is 3. The maximum Gasteiger partial charge on any atom is 0.121 e. The lowest BCUT2D eigenvalue weighted by atomic mass is 10.1. The lowest BCUT2D eigenvalue weighted by Gasteiger charge is -2.37. The molecule has 5 heteroatoms. The van der Waals surface area contributed by atoms with Crippen molar-refractivity contribution in [1.82, 2.24) is 24.8 Å². The highest BCUT2D eigenvalue weighted by Gasteiger charge is 2.23. The molecule has 0 radical (unpaired) electrons. The van der Waals surface area contributed by atoms with E-state index in [1.165, 1.54) is 0 Å². The molecule has 1 N–H and O–H groups in total. The Morgan fingerprint density at radius 3 is 2.58 bits per heavy atom. The molecule has 0 spiro atoms. The highest BCUT2D eigenvalue weighted by atomic mass is 15.3. The molecule has 0 bridgehead atoms. The van der Waals surface area contributed by atoms with Crippen LogP contribution in [0.4, 0.5) is 0 Å². The van der Waals surface area contributed by atoms with Crippen LogP contribution < -0.4 is 0 Å². The summed E-state index contributed by atoms with van der Waals surface area (Å²) in [6.07, 6.45) is 1.88. The minimum atomic E-state index is 0.375. The molecule has 1 fully saturated rings. The zero-order valence-electron chi connectivity index (χ0n) is 14.0. The van der Waals surface area contributed by atoms with Crippen molar-refractivity contribution >= 4 is 11.0 Å². The van der Waals surface area contributed by atoms with Crippen LogP contribution in [0.2, 0.25) is 0 Å². The molecule has 3 heterocycles. The monoisotopic (exact) mass is 321 g/mol. The highest BCUT2D eigenvalue weighted by molar-refractivity contribution is 5.74. The molecule has 0 aliphatic carbocycles. The third kappa shape index (κ3) is 3.18. The Hall–Kier alpha value is -2.24. The van der Waals surface area contributed by atoms with Crippen molar-refractivity contribution in [2.75, 3.05) is 26.2 Å². The van der Waals surface area contributed by atoms with Gasteiger partial charge in [-0.3, -0.25) is 14.8 Å². The number of hydrogen-bond acceptors (Lipinski definition) is 4. The van der Waals surface area contributed by atoms with E-state index >= 15 is 0 Å². The molecule has 1 unspecified atom stereocenters. The van der Waals surface area contributed by atoms with Crippen molar-refractivity contribution in [2.24, 2.45) is 0 Å². The molecule has 2 aromatic heterocycles. The van der Waals surface area contributed by atoms with E-state index in [0.717, 1.165) is 55.3 Å². The van der Waals surface area contributed by atoms with Gasteiger partial charge in [-0.25, -0.2) is 4.98 Å². The number of H-pyrrole nitrogens is 1. The van der Waals surface area contributed by atoms with Gasteiger partial charge in [-0.1, -0.05) is 18.2 Å². The van der Waals surface area contributed by atoms with Gasteiger partial charge in [-0.05, 0) is 31.2 Å². The van der Waals surface area contributed by atoms with Crippen molar-refractivity contribution < 1.29 is 0 Å². The predicted molar refractivity (Wildman–Crippen MR) is 95.6 cm³/mol. The van der Waals surface area contributed by atoms with Gasteiger partial charge in [0.15, 0.2) is 0 Å². The van der Waals surface area contributed by atoms with E-state index in [4.69, 9.17) is 0 Å². The fourth-order valence-corrected chi connectivity index (χ4v) is 3.41. The maximum atomic E-state index is 4.69. The summed E-state index contributed by atoms with van der Waals surface area (Å²) in [6, 6.07) is 14.7. The molecular weight excluding hydrogens is 298 g/mol. The number of nitrogens with one attached hydrogen (secondary N) is 1. The van der Waals surface area contributed by atoms with Crippen molar-refractivity contribution in [3.63, 3.8) is 0 Å². The molecule has 1 saturated heterocycles. The fraction of sp³-hybridized carbons (Fsp3) is 0.368. The van der Waals surface area contributed by atoms with E-state index < -0.39 is 0 Å². The summed E-state index contributed by atoms with van der Waals surface area (Å²) in [7, 11) is 0. The molecule has 5 nitrogen and oxygen atoms in total. The number of para-hydroxylation sites is 2. The zero-order chi connectivity index (χ0) is 16.4. The lowest BCUT2D eigenvalue weighted by molar-refractivity contribution is 0.0950. The van der Waals surface area contributed by atoms with E-state index in [9.17, 15) is 0 Å². The van der Waals surface area contributed by atoms with E-state index in [2.05, 4.69) is 55.9 Å². The van der Waals surface area contributed by atoms with Gasteiger partial charge >= 0.3 is 0 Å². The van der Waals surface area contributed by atoms with E-state index in [-0.39, 0.29) is 0 Å². The molecule has 4 rings (SSSR count). The summed E-state index contributed by atoms with van der Waals surface area (Å²) in [5.41, 5.74) is 3.33. The Morgan fingerprint density at radius 2 is 1.83 bits per heavy atom. The van der Waals surface area contributed by atoms with Crippen molar-refractivity contribution in [2.45, 2.75) is 19.5 Å². The summed E-state index contributed by atoms with van der Waals surface area (Å²) < 4.78 is 0. The summed E-state index contributed by atoms with van der Waals surface area (Å²) in [6.45, 7) is 7.40. The number of benzene rings is 1. The van der Waals surface area contributed by atoms with Gasteiger partial charge in [0.2, 0.25) is 0 Å². The summed E-state index contributed by atoms with van der Waals surface area (Å²) in [5.74, 6) is 1.06. The van der Waals surface area contributed by atoms with Crippen LogP contribution in [0.15, 0.2) is 48.7 Å². The van der Waals surface area contributed by atoms with Gasteiger partial charge in [0.1, 0.15) is 5.82 Å². The Morgan fingerprint density at radius 1 is 1.04 bits per heavy atom. The average Bonchev–Trinajstić information content (AvgIpc) is 3.05. The zero-order valence-corrected chi connectivity index (χ0v) is 14.0. The van der Waals surface area contributed by atoms with E-state index in [1.807, 2.05) is 24.4 Å². The second kappa shape index (κ2) is 6.71. The smallest absolute Gasteiger partial charge is 0.121 e. The first kappa shape index (κ1) is 15.3.